The normalized spacial score (nSPS) is 10.1. The van der Waals surface area contributed by atoms with Gasteiger partial charge in [0.2, 0.25) is 0 Å². The van der Waals surface area contributed by atoms with Gasteiger partial charge in [0.25, 0.3) is 0 Å². The van der Waals surface area contributed by atoms with E-state index in [-0.39, 0.29) is 5.82 Å². The molecule has 102 valence electrons. The standard InChI is InChI=1S/C15H13FN2OS/c1-19-14-7-13(18)4-5-15(14)20-9-11-6-12(16)3-2-10(11)8-17/h2-7H,9,18H2,1H3. The van der Waals surface area contributed by atoms with Gasteiger partial charge >= 0.3 is 0 Å². The molecule has 0 amide bonds. The second-order valence-corrected chi connectivity index (χ2v) is 5.13. The lowest BCUT2D eigenvalue weighted by Crippen LogP contribution is -1.92. The third-order valence-corrected chi connectivity index (χ3v) is 3.86. The topological polar surface area (TPSA) is 59.0 Å². The summed E-state index contributed by atoms with van der Waals surface area (Å²) in [6.07, 6.45) is 0. The van der Waals surface area contributed by atoms with Gasteiger partial charge in [-0.25, -0.2) is 4.39 Å². The summed E-state index contributed by atoms with van der Waals surface area (Å²) >= 11 is 1.47. The fraction of sp³-hybridized carbons (Fsp3) is 0.133. The van der Waals surface area contributed by atoms with Crippen LogP contribution in [-0.4, -0.2) is 7.11 Å². The molecule has 2 rings (SSSR count). The molecule has 20 heavy (non-hydrogen) atoms. The van der Waals surface area contributed by atoms with E-state index in [1.165, 1.54) is 30.0 Å². The first kappa shape index (κ1) is 14.2. The number of nitrogens with two attached hydrogens (primary N) is 1. The number of hydrogen-bond donors (Lipinski definition) is 1. The van der Waals surface area contributed by atoms with Crippen LogP contribution in [0, 0.1) is 17.1 Å². The number of anilines is 1. The minimum Gasteiger partial charge on any atom is -0.496 e. The van der Waals surface area contributed by atoms with Gasteiger partial charge in [0.15, 0.2) is 0 Å². The lowest BCUT2D eigenvalue weighted by Gasteiger charge is -2.09. The summed E-state index contributed by atoms with van der Waals surface area (Å²) in [7, 11) is 1.57. The summed E-state index contributed by atoms with van der Waals surface area (Å²) in [4.78, 5) is 0.898. The number of thioether (sulfide) groups is 1. The number of rotatable bonds is 4. The molecule has 0 atom stereocenters. The number of nitrogen functional groups attached to an aromatic ring is 1. The van der Waals surface area contributed by atoms with Crippen molar-refractivity contribution in [2.24, 2.45) is 0 Å². The molecule has 2 aromatic rings. The predicted octanol–water partition coefficient (Wildman–Crippen LogP) is 3.58. The maximum atomic E-state index is 13.2. The van der Waals surface area contributed by atoms with Gasteiger partial charge in [-0.2, -0.15) is 5.26 Å². The molecule has 5 heteroatoms. The van der Waals surface area contributed by atoms with E-state index in [9.17, 15) is 4.39 Å². The number of methoxy groups -OCH3 is 1. The monoisotopic (exact) mass is 288 g/mol. The molecule has 2 aromatic carbocycles. The van der Waals surface area contributed by atoms with Crippen LogP contribution >= 0.6 is 11.8 Å². The molecule has 0 aliphatic carbocycles. The van der Waals surface area contributed by atoms with Crippen LogP contribution in [0.1, 0.15) is 11.1 Å². The number of halogens is 1. The number of benzene rings is 2. The number of nitrogens with zero attached hydrogens (tertiary/aromatic N) is 1. The Bertz CT molecular complexity index is 667. The van der Waals surface area contributed by atoms with E-state index >= 15 is 0 Å². The SMILES string of the molecule is COc1cc(N)ccc1SCc1cc(F)ccc1C#N. The third kappa shape index (κ3) is 3.22. The maximum Gasteiger partial charge on any atom is 0.134 e. The highest BCUT2D eigenvalue weighted by Crippen LogP contribution is 2.33. The van der Waals surface area contributed by atoms with Crippen LogP contribution in [0.15, 0.2) is 41.3 Å². The molecule has 0 aliphatic heterocycles. The average Bonchev–Trinajstić information content (AvgIpc) is 2.46. The molecule has 0 heterocycles. The summed E-state index contributed by atoms with van der Waals surface area (Å²) in [5.41, 5.74) is 7.46. The number of nitriles is 1. The van der Waals surface area contributed by atoms with E-state index in [2.05, 4.69) is 6.07 Å². The molecule has 0 aliphatic rings. The van der Waals surface area contributed by atoms with Crippen molar-refractivity contribution in [3.8, 4) is 11.8 Å². The van der Waals surface area contributed by atoms with E-state index in [4.69, 9.17) is 15.7 Å². The van der Waals surface area contributed by atoms with E-state index < -0.39 is 0 Å². The molecule has 0 saturated heterocycles. The lowest BCUT2D eigenvalue weighted by molar-refractivity contribution is 0.405. The Kier molecular flexibility index (Phi) is 4.49. The Morgan fingerprint density at radius 1 is 1.30 bits per heavy atom. The van der Waals surface area contributed by atoms with Crippen molar-refractivity contribution >= 4 is 17.4 Å². The van der Waals surface area contributed by atoms with Crippen molar-refractivity contribution in [3.63, 3.8) is 0 Å². The van der Waals surface area contributed by atoms with Crippen molar-refractivity contribution in [2.75, 3.05) is 12.8 Å². The fourth-order valence-corrected chi connectivity index (χ4v) is 2.75. The van der Waals surface area contributed by atoms with Crippen molar-refractivity contribution in [1.29, 1.82) is 5.26 Å². The molecule has 0 saturated carbocycles. The molecule has 2 N–H and O–H groups in total. The van der Waals surface area contributed by atoms with Crippen LogP contribution in [0.5, 0.6) is 5.75 Å². The Morgan fingerprint density at radius 3 is 2.80 bits per heavy atom. The largest absolute Gasteiger partial charge is 0.496 e. The Hall–Kier alpha value is -2.19. The van der Waals surface area contributed by atoms with E-state index in [0.717, 1.165) is 4.90 Å². The molecule has 0 bridgehead atoms. The Morgan fingerprint density at radius 2 is 2.10 bits per heavy atom. The highest BCUT2D eigenvalue weighted by atomic mass is 32.2. The second-order valence-electron chi connectivity index (χ2n) is 4.11. The van der Waals surface area contributed by atoms with E-state index in [0.29, 0.717) is 28.3 Å². The van der Waals surface area contributed by atoms with Gasteiger partial charge in [0.05, 0.1) is 18.7 Å². The zero-order chi connectivity index (χ0) is 14.5. The fourth-order valence-electron chi connectivity index (χ4n) is 1.75. The summed E-state index contributed by atoms with van der Waals surface area (Å²) in [6, 6.07) is 11.6. The van der Waals surface area contributed by atoms with Crippen molar-refractivity contribution in [2.45, 2.75) is 10.6 Å². The van der Waals surface area contributed by atoms with Gasteiger partial charge < -0.3 is 10.5 Å². The maximum absolute atomic E-state index is 13.2. The molecular weight excluding hydrogens is 275 g/mol. The van der Waals surface area contributed by atoms with E-state index in [1.54, 1.807) is 19.2 Å². The van der Waals surface area contributed by atoms with Crippen LogP contribution in [-0.2, 0) is 5.75 Å². The Balaban J connectivity index is 2.21. The molecule has 0 spiro atoms. The van der Waals surface area contributed by atoms with Crippen molar-refractivity contribution < 1.29 is 9.13 Å². The van der Waals surface area contributed by atoms with Crippen molar-refractivity contribution in [1.82, 2.24) is 0 Å². The molecule has 0 radical (unpaired) electrons. The molecular formula is C15H13FN2OS. The lowest BCUT2D eigenvalue weighted by atomic mass is 10.1. The third-order valence-electron chi connectivity index (χ3n) is 2.76. The first-order chi connectivity index (χ1) is 9.63. The number of ether oxygens (including phenoxy) is 1. The highest BCUT2D eigenvalue weighted by Gasteiger charge is 2.08. The highest BCUT2D eigenvalue weighted by molar-refractivity contribution is 7.98. The van der Waals surface area contributed by atoms with Crippen LogP contribution in [0.25, 0.3) is 0 Å². The summed E-state index contributed by atoms with van der Waals surface area (Å²) < 4.78 is 18.5. The first-order valence-electron chi connectivity index (χ1n) is 5.89. The van der Waals surface area contributed by atoms with Crippen LogP contribution in [0.4, 0.5) is 10.1 Å². The van der Waals surface area contributed by atoms with Gasteiger partial charge in [-0.3, -0.25) is 0 Å². The zero-order valence-corrected chi connectivity index (χ0v) is 11.7. The minimum absolute atomic E-state index is 0.344. The molecule has 0 aromatic heterocycles. The van der Waals surface area contributed by atoms with Crippen molar-refractivity contribution in [3.05, 3.63) is 53.3 Å². The van der Waals surface area contributed by atoms with Crippen LogP contribution in [0.2, 0.25) is 0 Å². The first-order valence-corrected chi connectivity index (χ1v) is 6.87. The van der Waals surface area contributed by atoms with E-state index in [1.807, 2.05) is 6.07 Å². The number of hydrogen-bond acceptors (Lipinski definition) is 4. The van der Waals surface area contributed by atoms with Crippen LogP contribution in [0.3, 0.4) is 0 Å². The average molecular weight is 288 g/mol. The van der Waals surface area contributed by atoms with Gasteiger partial charge in [-0.15, -0.1) is 11.8 Å². The Labute approximate surface area is 121 Å². The van der Waals surface area contributed by atoms with Gasteiger partial charge in [-0.05, 0) is 35.9 Å². The summed E-state index contributed by atoms with van der Waals surface area (Å²) in [6.45, 7) is 0. The molecule has 0 unspecified atom stereocenters. The molecule has 0 fully saturated rings. The van der Waals surface area contributed by atoms with Gasteiger partial charge in [0, 0.05) is 22.4 Å². The smallest absolute Gasteiger partial charge is 0.134 e. The summed E-state index contributed by atoms with van der Waals surface area (Å²) in [5, 5.41) is 9.02. The van der Waals surface area contributed by atoms with Gasteiger partial charge in [0.1, 0.15) is 11.6 Å². The quantitative estimate of drug-likeness (QED) is 0.690. The van der Waals surface area contributed by atoms with Crippen LogP contribution < -0.4 is 10.5 Å². The predicted molar refractivity (Wildman–Crippen MR) is 78.1 cm³/mol. The van der Waals surface area contributed by atoms with Gasteiger partial charge in [-0.1, -0.05) is 0 Å². The minimum atomic E-state index is -0.344. The second kappa shape index (κ2) is 6.31. The molecule has 3 nitrogen and oxygen atoms in total. The zero-order valence-electron chi connectivity index (χ0n) is 10.9. The summed E-state index contributed by atoms with van der Waals surface area (Å²) in [5.74, 6) is 0.815.